The first-order valence-corrected chi connectivity index (χ1v) is 4.01. The minimum Gasteiger partial charge on any atom is -0.382 e. The molecule has 1 aromatic rings. The van der Waals surface area contributed by atoms with E-state index in [9.17, 15) is 0 Å². The minimum absolute atomic E-state index is 0.406. The molecule has 0 aliphatic heterocycles. The molecule has 4 nitrogen and oxygen atoms in total. The molecule has 4 heteroatoms. The second-order valence-electron chi connectivity index (χ2n) is 2.94. The molecule has 0 spiro atoms. The topological polar surface area (TPSA) is 76.4 Å². The zero-order valence-electron chi connectivity index (χ0n) is 7.83. The Hall–Kier alpha value is -1.55. The van der Waals surface area contributed by atoms with Gasteiger partial charge in [-0.05, 0) is 25.5 Å². The molecule has 0 bridgehead atoms. The van der Waals surface area contributed by atoms with Crippen LogP contribution in [-0.4, -0.2) is 5.84 Å². The number of benzene rings is 1. The lowest BCUT2D eigenvalue weighted by Gasteiger charge is -2.05. The normalized spacial score (nSPS) is 11.5. The lowest BCUT2D eigenvalue weighted by molar-refractivity contribution is 0.803. The Labute approximate surface area is 77.6 Å². The fourth-order valence-corrected chi connectivity index (χ4v) is 1.14. The highest BCUT2D eigenvalue weighted by Crippen LogP contribution is 2.09. The number of hydrogen-bond acceptors (Lipinski definition) is 3. The van der Waals surface area contributed by atoms with Crippen LogP contribution in [0.2, 0.25) is 0 Å². The van der Waals surface area contributed by atoms with Gasteiger partial charge in [-0.1, -0.05) is 17.7 Å². The third-order valence-electron chi connectivity index (χ3n) is 1.85. The third-order valence-corrected chi connectivity index (χ3v) is 1.85. The van der Waals surface area contributed by atoms with Crippen LogP contribution in [0.3, 0.4) is 0 Å². The second-order valence-corrected chi connectivity index (χ2v) is 2.94. The van der Waals surface area contributed by atoms with Gasteiger partial charge in [-0.2, -0.15) is 0 Å². The smallest absolute Gasteiger partial charge is 0.152 e. The van der Waals surface area contributed by atoms with Crippen molar-refractivity contribution in [3.63, 3.8) is 0 Å². The molecule has 13 heavy (non-hydrogen) atoms. The average molecular weight is 178 g/mol. The van der Waals surface area contributed by atoms with Gasteiger partial charge in [-0.3, -0.25) is 0 Å². The monoisotopic (exact) mass is 178 g/mol. The summed E-state index contributed by atoms with van der Waals surface area (Å²) >= 11 is 0. The fourth-order valence-electron chi connectivity index (χ4n) is 1.14. The van der Waals surface area contributed by atoms with E-state index in [0.29, 0.717) is 5.84 Å². The maximum absolute atomic E-state index is 5.68. The van der Waals surface area contributed by atoms with Crippen molar-refractivity contribution in [2.75, 3.05) is 0 Å². The van der Waals surface area contributed by atoms with Crippen molar-refractivity contribution in [1.29, 1.82) is 0 Å². The first-order valence-electron chi connectivity index (χ1n) is 4.01. The van der Waals surface area contributed by atoms with Gasteiger partial charge in [-0.25, -0.2) is 11.4 Å². The zero-order valence-corrected chi connectivity index (χ0v) is 7.83. The summed E-state index contributed by atoms with van der Waals surface area (Å²) in [6, 6.07) is 6.01. The van der Waals surface area contributed by atoms with Gasteiger partial charge in [0.1, 0.15) is 0 Å². The molecule has 0 amide bonds. The number of hydrazone groups is 1. The number of amidine groups is 1. The summed E-state index contributed by atoms with van der Waals surface area (Å²) in [6.45, 7) is 3.99. The van der Waals surface area contributed by atoms with Crippen molar-refractivity contribution in [3.05, 3.63) is 34.9 Å². The fraction of sp³-hybridized carbons (Fsp3) is 0.222. The average Bonchev–Trinajstić information content (AvgIpc) is 2.09. The summed E-state index contributed by atoms with van der Waals surface area (Å²) in [4.78, 5) is 0. The van der Waals surface area contributed by atoms with Crippen LogP contribution in [0, 0.1) is 13.8 Å². The molecule has 1 aromatic carbocycles. The van der Waals surface area contributed by atoms with Crippen molar-refractivity contribution in [2.45, 2.75) is 13.8 Å². The molecule has 0 saturated carbocycles. The van der Waals surface area contributed by atoms with E-state index in [0.717, 1.165) is 16.7 Å². The maximum Gasteiger partial charge on any atom is 0.152 e. The van der Waals surface area contributed by atoms with Gasteiger partial charge in [0.15, 0.2) is 5.84 Å². The van der Waals surface area contributed by atoms with E-state index >= 15 is 0 Å². The van der Waals surface area contributed by atoms with Gasteiger partial charge in [0.05, 0.1) is 0 Å². The van der Waals surface area contributed by atoms with Crippen LogP contribution in [0.1, 0.15) is 16.7 Å². The molecule has 70 valence electrons. The molecule has 0 saturated heterocycles. The van der Waals surface area contributed by atoms with Crippen LogP contribution in [-0.2, 0) is 0 Å². The Morgan fingerprint density at radius 2 is 2.08 bits per heavy atom. The van der Waals surface area contributed by atoms with Crippen LogP contribution in [0.15, 0.2) is 23.3 Å². The Morgan fingerprint density at radius 3 is 2.69 bits per heavy atom. The number of nitrogens with zero attached hydrogens (tertiary/aromatic N) is 1. The predicted octanol–water partition coefficient (Wildman–Crippen LogP) is 0.387. The van der Waals surface area contributed by atoms with Crippen molar-refractivity contribution < 1.29 is 0 Å². The largest absolute Gasteiger partial charge is 0.382 e. The SMILES string of the molecule is Cc1ccc(C)c(/C(N)=N/NN)c1. The first kappa shape index (κ1) is 9.54. The van der Waals surface area contributed by atoms with Crippen LogP contribution >= 0.6 is 0 Å². The van der Waals surface area contributed by atoms with Gasteiger partial charge in [0.2, 0.25) is 0 Å². The van der Waals surface area contributed by atoms with Gasteiger partial charge in [0.25, 0.3) is 0 Å². The van der Waals surface area contributed by atoms with E-state index in [2.05, 4.69) is 10.6 Å². The molecular weight excluding hydrogens is 164 g/mol. The highest BCUT2D eigenvalue weighted by atomic mass is 15.5. The predicted molar refractivity (Wildman–Crippen MR) is 54.0 cm³/mol. The molecule has 0 radical (unpaired) electrons. The summed E-state index contributed by atoms with van der Waals surface area (Å²) in [7, 11) is 0. The molecule has 0 heterocycles. The van der Waals surface area contributed by atoms with Gasteiger partial charge in [0, 0.05) is 5.56 Å². The molecule has 0 aliphatic carbocycles. The van der Waals surface area contributed by atoms with E-state index in [1.54, 1.807) is 0 Å². The van der Waals surface area contributed by atoms with Gasteiger partial charge >= 0.3 is 0 Å². The Bertz CT molecular complexity index is 330. The number of rotatable bonds is 2. The Kier molecular flexibility index (Phi) is 2.87. The minimum atomic E-state index is 0.406. The lowest BCUT2D eigenvalue weighted by atomic mass is 10.1. The molecule has 1 rings (SSSR count). The summed E-state index contributed by atoms with van der Waals surface area (Å²) in [5, 5.41) is 3.72. The summed E-state index contributed by atoms with van der Waals surface area (Å²) in [5.74, 6) is 5.44. The van der Waals surface area contributed by atoms with E-state index in [-0.39, 0.29) is 0 Å². The van der Waals surface area contributed by atoms with Gasteiger partial charge < -0.3 is 5.73 Å². The molecule has 0 aliphatic rings. The molecule has 0 unspecified atom stereocenters. The molecule has 0 atom stereocenters. The van der Waals surface area contributed by atoms with Crippen molar-refractivity contribution in [2.24, 2.45) is 16.7 Å². The molecule has 0 aromatic heterocycles. The van der Waals surface area contributed by atoms with Gasteiger partial charge in [-0.15, -0.1) is 5.10 Å². The highest BCUT2D eigenvalue weighted by molar-refractivity contribution is 5.98. The molecular formula is C9H14N4. The second kappa shape index (κ2) is 3.91. The van der Waals surface area contributed by atoms with Crippen LogP contribution in [0.4, 0.5) is 0 Å². The number of hydrazine groups is 1. The summed E-state index contributed by atoms with van der Waals surface area (Å²) < 4.78 is 0. The van der Waals surface area contributed by atoms with E-state index in [1.165, 1.54) is 0 Å². The lowest BCUT2D eigenvalue weighted by Crippen LogP contribution is -2.23. The van der Waals surface area contributed by atoms with Crippen LogP contribution < -0.4 is 17.1 Å². The van der Waals surface area contributed by atoms with Crippen molar-refractivity contribution in [3.8, 4) is 0 Å². The number of nitrogens with one attached hydrogen (secondary N) is 1. The van der Waals surface area contributed by atoms with Crippen molar-refractivity contribution in [1.82, 2.24) is 5.53 Å². The summed E-state index contributed by atoms with van der Waals surface area (Å²) in [5.41, 5.74) is 11.0. The van der Waals surface area contributed by atoms with E-state index < -0.39 is 0 Å². The Morgan fingerprint density at radius 1 is 1.38 bits per heavy atom. The van der Waals surface area contributed by atoms with Crippen LogP contribution in [0.5, 0.6) is 0 Å². The Balaban J connectivity index is 3.13. The van der Waals surface area contributed by atoms with Crippen molar-refractivity contribution >= 4 is 5.84 Å². The quantitative estimate of drug-likeness (QED) is 0.265. The zero-order chi connectivity index (χ0) is 9.84. The third kappa shape index (κ3) is 2.19. The van der Waals surface area contributed by atoms with E-state index in [1.807, 2.05) is 32.0 Å². The standard InChI is InChI=1S/C9H14N4/c1-6-3-4-7(2)8(5-6)9(10)12-13-11/h3-5,13H,11H2,1-2H3,(H2,10,12). The summed E-state index contributed by atoms with van der Waals surface area (Å²) in [6.07, 6.45) is 0. The number of hydrogen-bond donors (Lipinski definition) is 3. The van der Waals surface area contributed by atoms with Crippen LogP contribution in [0.25, 0.3) is 0 Å². The number of aryl methyl sites for hydroxylation is 2. The first-order chi connectivity index (χ1) is 6.15. The highest BCUT2D eigenvalue weighted by Gasteiger charge is 2.02. The molecule has 5 N–H and O–H groups in total. The maximum atomic E-state index is 5.68. The number of nitrogens with two attached hydrogens (primary N) is 2. The molecule has 0 fully saturated rings. The van der Waals surface area contributed by atoms with E-state index in [4.69, 9.17) is 11.6 Å².